The summed E-state index contributed by atoms with van der Waals surface area (Å²) >= 11 is 12.3. The third-order valence-electron chi connectivity index (χ3n) is 6.41. The molecule has 1 fully saturated rings. The molecule has 6 nitrogen and oxygen atoms in total. The Labute approximate surface area is 231 Å². The summed E-state index contributed by atoms with van der Waals surface area (Å²) in [6.45, 7) is 1.28. The molecular weight excluding hydrogens is 519 g/mol. The number of para-hydroxylation sites is 1. The number of rotatable bonds is 6. The van der Waals surface area contributed by atoms with E-state index in [0.717, 1.165) is 30.5 Å². The van der Waals surface area contributed by atoms with E-state index in [2.05, 4.69) is 5.32 Å². The average molecular weight is 545 g/mol. The molecule has 1 aliphatic rings. The van der Waals surface area contributed by atoms with Crippen molar-refractivity contribution in [1.29, 1.82) is 0 Å². The molecule has 0 atom stereocenters. The molecule has 0 saturated carbocycles. The van der Waals surface area contributed by atoms with Gasteiger partial charge in [-0.2, -0.15) is 5.10 Å². The number of carbonyl (C=O) groups excluding carboxylic acids is 2. The molecule has 2 amide bonds. The molecular formula is C30H26Cl2N4O2. The van der Waals surface area contributed by atoms with Gasteiger partial charge in [-0.05, 0) is 55.7 Å². The molecule has 192 valence electrons. The summed E-state index contributed by atoms with van der Waals surface area (Å²) in [6, 6.07) is 24.1. The highest BCUT2D eigenvalue weighted by atomic mass is 35.5. The quantitative estimate of drug-likeness (QED) is 0.277. The molecule has 8 heteroatoms. The predicted molar refractivity (Wildman–Crippen MR) is 151 cm³/mol. The second-order valence-electron chi connectivity index (χ2n) is 9.07. The van der Waals surface area contributed by atoms with Crippen molar-refractivity contribution in [3.63, 3.8) is 0 Å². The third kappa shape index (κ3) is 5.82. The van der Waals surface area contributed by atoms with Gasteiger partial charge < -0.3 is 10.2 Å². The van der Waals surface area contributed by atoms with Gasteiger partial charge in [0.05, 0.1) is 16.3 Å². The Bertz CT molecular complexity index is 1480. The van der Waals surface area contributed by atoms with E-state index in [4.69, 9.17) is 28.3 Å². The van der Waals surface area contributed by atoms with Crippen LogP contribution in [0.4, 0.5) is 0 Å². The van der Waals surface area contributed by atoms with E-state index >= 15 is 0 Å². The molecule has 3 aromatic carbocycles. The van der Waals surface area contributed by atoms with Crippen LogP contribution in [-0.2, 0) is 4.79 Å². The summed E-state index contributed by atoms with van der Waals surface area (Å²) in [7, 11) is 0. The molecule has 0 aliphatic carbocycles. The fraction of sp³-hybridized carbons (Fsp3) is 0.167. The van der Waals surface area contributed by atoms with Crippen LogP contribution in [0.1, 0.15) is 35.2 Å². The number of halogens is 2. The number of nitrogens with one attached hydrogen (secondary N) is 1. The summed E-state index contributed by atoms with van der Waals surface area (Å²) in [5.41, 5.74) is 3.56. The van der Waals surface area contributed by atoms with Crippen molar-refractivity contribution in [2.24, 2.45) is 0 Å². The molecule has 0 spiro atoms. The molecule has 0 unspecified atom stereocenters. The number of aromatic nitrogens is 2. The number of carbonyl (C=O) groups is 2. The third-order valence-corrected chi connectivity index (χ3v) is 6.96. The number of piperidine rings is 1. The average Bonchev–Trinajstić information content (AvgIpc) is 3.37. The smallest absolute Gasteiger partial charge is 0.270 e. The monoisotopic (exact) mass is 544 g/mol. The lowest BCUT2D eigenvalue weighted by Crippen LogP contribution is -2.41. The van der Waals surface area contributed by atoms with E-state index in [0.29, 0.717) is 29.4 Å². The lowest BCUT2D eigenvalue weighted by molar-refractivity contribution is -0.128. The zero-order valence-corrected chi connectivity index (χ0v) is 22.1. The normalized spacial score (nSPS) is 13.8. The van der Waals surface area contributed by atoms with Crippen molar-refractivity contribution >= 4 is 41.1 Å². The molecule has 4 aromatic rings. The molecule has 1 aromatic heterocycles. The van der Waals surface area contributed by atoms with Gasteiger partial charge in [-0.25, -0.2) is 4.68 Å². The zero-order chi connectivity index (χ0) is 26.5. The Kier molecular flexibility index (Phi) is 7.91. The second kappa shape index (κ2) is 11.7. The van der Waals surface area contributed by atoms with Crippen molar-refractivity contribution in [2.75, 3.05) is 13.1 Å². The zero-order valence-electron chi connectivity index (χ0n) is 20.6. The SMILES string of the molecule is O=C(N/C(=C\c1cn(-c2ccccc2)nc1-c1ccccc1)C(=O)N1CCCCC1)c1ccc(Cl)cc1Cl. The fourth-order valence-electron chi connectivity index (χ4n) is 4.46. The van der Waals surface area contributed by atoms with Crippen LogP contribution in [0.5, 0.6) is 0 Å². The number of hydrogen-bond donors (Lipinski definition) is 1. The first-order valence-electron chi connectivity index (χ1n) is 12.5. The number of amides is 2. The molecule has 0 bridgehead atoms. The predicted octanol–water partition coefficient (Wildman–Crippen LogP) is 6.63. The van der Waals surface area contributed by atoms with Crippen LogP contribution in [0.2, 0.25) is 10.0 Å². The lowest BCUT2D eigenvalue weighted by Gasteiger charge is -2.27. The lowest BCUT2D eigenvalue weighted by atomic mass is 10.1. The molecule has 1 N–H and O–H groups in total. The highest BCUT2D eigenvalue weighted by Gasteiger charge is 2.24. The maximum Gasteiger partial charge on any atom is 0.270 e. The number of hydrogen-bond acceptors (Lipinski definition) is 3. The van der Waals surface area contributed by atoms with Crippen LogP contribution in [0.25, 0.3) is 23.0 Å². The summed E-state index contributed by atoms with van der Waals surface area (Å²) in [5.74, 6) is -0.727. The van der Waals surface area contributed by atoms with Gasteiger partial charge in [0.15, 0.2) is 0 Å². The highest BCUT2D eigenvalue weighted by molar-refractivity contribution is 6.36. The largest absolute Gasteiger partial charge is 0.337 e. The minimum Gasteiger partial charge on any atom is -0.337 e. The number of benzene rings is 3. The Morgan fingerprint density at radius 3 is 2.24 bits per heavy atom. The molecule has 0 radical (unpaired) electrons. The van der Waals surface area contributed by atoms with Gasteiger partial charge in [0.1, 0.15) is 11.4 Å². The van der Waals surface area contributed by atoms with Crippen LogP contribution in [-0.4, -0.2) is 39.6 Å². The summed E-state index contributed by atoms with van der Waals surface area (Å²) in [6.07, 6.45) is 6.50. The van der Waals surface area contributed by atoms with E-state index in [1.54, 1.807) is 27.8 Å². The van der Waals surface area contributed by atoms with Crippen LogP contribution >= 0.6 is 23.2 Å². The Balaban J connectivity index is 1.59. The van der Waals surface area contributed by atoms with Crippen LogP contribution in [0.3, 0.4) is 0 Å². The van der Waals surface area contributed by atoms with E-state index in [9.17, 15) is 9.59 Å². The summed E-state index contributed by atoms with van der Waals surface area (Å²) in [4.78, 5) is 28.8. The number of likely N-dealkylation sites (tertiary alicyclic amines) is 1. The van der Waals surface area contributed by atoms with Gasteiger partial charge in [-0.15, -0.1) is 0 Å². The molecule has 38 heavy (non-hydrogen) atoms. The minimum absolute atomic E-state index is 0.160. The van der Waals surface area contributed by atoms with Crippen LogP contribution < -0.4 is 5.32 Å². The van der Waals surface area contributed by atoms with E-state index < -0.39 is 5.91 Å². The Morgan fingerprint density at radius 1 is 0.868 bits per heavy atom. The maximum absolute atomic E-state index is 13.7. The molecule has 5 rings (SSSR count). The molecule has 1 aliphatic heterocycles. The summed E-state index contributed by atoms with van der Waals surface area (Å²) < 4.78 is 1.77. The van der Waals surface area contributed by atoms with Crippen molar-refractivity contribution in [2.45, 2.75) is 19.3 Å². The van der Waals surface area contributed by atoms with Crippen LogP contribution in [0, 0.1) is 0 Å². The van der Waals surface area contributed by atoms with Gasteiger partial charge in [0.25, 0.3) is 11.8 Å². The molecule has 1 saturated heterocycles. The summed E-state index contributed by atoms with van der Waals surface area (Å²) in [5, 5.41) is 8.30. The second-order valence-corrected chi connectivity index (χ2v) is 9.91. The van der Waals surface area contributed by atoms with Crippen molar-refractivity contribution in [3.8, 4) is 16.9 Å². The first-order valence-corrected chi connectivity index (χ1v) is 13.2. The standard InChI is InChI=1S/C30H26Cl2N4O2/c31-23-14-15-25(26(32)19-23)29(37)33-27(30(38)35-16-8-3-9-17-35)18-22-20-36(24-12-6-2-7-13-24)34-28(22)21-10-4-1-5-11-21/h1-2,4-7,10-15,18-20H,3,8-9,16-17H2,(H,33,37)/b27-18-. The number of nitrogens with zero attached hydrogens (tertiary/aromatic N) is 3. The maximum atomic E-state index is 13.7. The van der Waals surface area contributed by atoms with E-state index in [-0.39, 0.29) is 22.2 Å². The van der Waals surface area contributed by atoms with Gasteiger partial charge in [0.2, 0.25) is 0 Å². The van der Waals surface area contributed by atoms with Gasteiger partial charge >= 0.3 is 0 Å². The van der Waals surface area contributed by atoms with Crippen molar-refractivity contribution < 1.29 is 9.59 Å². The molecule has 2 heterocycles. The topological polar surface area (TPSA) is 67.2 Å². The van der Waals surface area contributed by atoms with E-state index in [1.807, 2.05) is 66.9 Å². The van der Waals surface area contributed by atoms with Crippen molar-refractivity contribution in [3.05, 3.63) is 112 Å². The minimum atomic E-state index is -0.486. The van der Waals surface area contributed by atoms with Gasteiger partial charge in [-0.1, -0.05) is 71.7 Å². The van der Waals surface area contributed by atoms with Gasteiger partial charge in [0, 0.05) is 35.4 Å². The van der Waals surface area contributed by atoms with Crippen LogP contribution in [0.15, 0.2) is 90.8 Å². The van der Waals surface area contributed by atoms with E-state index in [1.165, 1.54) is 6.07 Å². The Morgan fingerprint density at radius 2 is 1.55 bits per heavy atom. The first kappa shape index (κ1) is 25.8. The fourth-order valence-corrected chi connectivity index (χ4v) is 4.96. The Hall–Kier alpha value is -3.87. The first-order chi connectivity index (χ1) is 18.5. The van der Waals surface area contributed by atoms with Gasteiger partial charge in [-0.3, -0.25) is 9.59 Å². The highest BCUT2D eigenvalue weighted by Crippen LogP contribution is 2.27. The van der Waals surface area contributed by atoms with Crippen molar-refractivity contribution in [1.82, 2.24) is 20.0 Å².